The lowest BCUT2D eigenvalue weighted by atomic mass is 10.2. The van der Waals surface area contributed by atoms with Crippen LogP contribution in [0.3, 0.4) is 0 Å². The highest BCUT2D eigenvalue weighted by Crippen LogP contribution is 2.27. The summed E-state index contributed by atoms with van der Waals surface area (Å²) in [7, 11) is -3.93. The zero-order valence-corrected chi connectivity index (χ0v) is 13.4. The molecule has 2 aromatic rings. The van der Waals surface area contributed by atoms with Crippen molar-refractivity contribution < 1.29 is 13.3 Å². The number of benzene rings is 2. The molecule has 2 rings (SSSR count). The number of hydrogen-bond donors (Lipinski definition) is 0. The third kappa shape index (κ3) is 3.40. The van der Waals surface area contributed by atoms with Gasteiger partial charge in [0, 0.05) is 11.6 Å². The van der Waals surface area contributed by atoms with Gasteiger partial charge < -0.3 is 0 Å². The zero-order valence-electron chi connectivity index (χ0n) is 12.5. The fourth-order valence-electron chi connectivity index (χ4n) is 2.13. The topological polar surface area (TPSA) is 80.5 Å². The number of hydrogen-bond acceptors (Lipinski definition) is 4. The van der Waals surface area contributed by atoms with Crippen LogP contribution in [0.5, 0.6) is 0 Å². The monoisotopic (exact) mass is 332 g/mol. The fourth-order valence-corrected chi connectivity index (χ4v) is 3.58. The summed E-state index contributed by atoms with van der Waals surface area (Å²) in [5.74, 6) is 0. The van der Waals surface area contributed by atoms with Crippen LogP contribution >= 0.6 is 0 Å². The molecule has 120 valence electrons. The van der Waals surface area contributed by atoms with Crippen molar-refractivity contribution in [2.75, 3.05) is 10.8 Å². The molecule has 0 aliphatic heterocycles. The number of rotatable bonds is 6. The van der Waals surface area contributed by atoms with E-state index >= 15 is 0 Å². The Morgan fingerprint density at radius 3 is 2.43 bits per heavy atom. The largest absolute Gasteiger partial charge is 0.273 e. The number of nitro groups is 1. The van der Waals surface area contributed by atoms with Crippen LogP contribution in [0.2, 0.25) is 0 Å². The predicted molar refractivity (Wildman–Crippen MR) is 89.0 cm³/mol. The molecule has 2 aromatic carbocycles. The molecule has 0 aliphatic rings. The van der Waals surface area contributed by atoms with Crippen molar-refractivity contribution in [1.82, 2.24) is 0 Å². The van der Waals surface area contributed by atoms with Gasteiger partial charge in [-0.2, -0.15) is 0 Å². The lowest BCUT2D eigenvalue weighted by molar-refractivity contribution is -0.385. The second-order valence-electron chi connectivity index (χ2n) is 4.87. The Labute approximate surface area is 134 Å². The maximum atomic E-state index is 12.9. The lowest BCUT2D eigenvalue weighted by Crippen LogP contribution is -2.31. The molecule has 7 heteroatoms. The Balaban J connectivity index is 2.57. The van der Waals surface area contributed by atoms with Crippen molar-refractivity contribution in [3.8, 4) is 0 Å². The molecule has 0 radical (unpaired) electrons. The number of aryl methyl sites for hydroxylation is 1. The van der Waals surface area contributed by atoms with E-state index in [0.29, 0.717) is 11.3 Å². The van der Waals surface area contributed by atoms with Crippen LogP contribution in [0.15, 0.2) is 66.1 Å². The van der Waals surface area contributed by atoms with Gasteiger partial charge in [0.15, 0.2) is 0 Å². The average molecular weight is 332 g/mol. The van der Waals surface area contributed by atoms with Crippen molar-refractivity contribution in [1.29, 1.82) is 0 Å². The molecule has 0 saturated carbocycles. The molecule has 0 fully saturated rings. The highest BCUT2D eigenvalue weighted by molar-refractivity contribution is 7.92. The van der Waals surface area contributed by atoms with Crippen molar-refractivity contribution in [2.24, 2.45) is 0 Å². The molecular formula is C16H16N2O4S. The average Bonchev–Trinajstić information content (AvgIpc) is 2.53. The van der Waals surface area contributed by atoms with Crippen LogP contribution in [0.25, 0.3) is 0 Å². The van der Waals surface area contributed by atoms with Crippen LogP contribution in [0, 0.1) is 17.0 Å². The third-order valence-corrected chi connectivity index (χ3v) is 5.09. The molecular weight excluding hydrogens is 316 g/mol. The second-order valence-corrected chi connectivity index (χ2v) is 6.73. The molecule has 0 N–H and O–H groups in total. The molecule has 0 aromatic heterocycles. The van der Waals surface area contributed by atoms with E-state index < -0.39 is 14.9 Å². The van der Waals surface area contributed by atoms with Crippen molar-refractivity contribution in [2.45, 2.75) is 11.8 Å². The molecule has 0 saturated heterocycles. The van der Waals surface area contributed by atoms with E-state index in [2.05, 4.69) is 6.58 Å². The number of anilines is 1. The number of nitrogens with zero attached hydrogens (tertiary/aromatic N) is 2. The molecule has 6 nitrogen and oxygen atoms in total. The third-order valence-electron chi connectivity index (χ3n) is 3.30. The van der Waals surface area contributed by atoms with E-state index in [9.17, 15) is 18.5 Å². The van der Waals surface area contributed by atoms with Gasteiger partial charge in [-0.1, -0.05) is 30.3 Å². The quantitative estimate of drug-likeness (QED) is 0.462. The minimum atomic E-state index is -3.93. The van der Waals surface area contributed by atoms with Gasteiger partial charge in [0.2, 0.25) is 0 Å². The summed E-state index contributed by atoms with van der Waals surface area (Å²) < 4.78 is 26.9. The molecule has 0 atom stereocenters. The Morgan fingerprint density at radius 2 is 1.87 bits per heavy atom. The van der Waals surface area contributed by atoms with Gasteiger partial charge in [0.05, 0.1) is 22.1 Å². The second kappa shape index (κ2) is 6.62. The molecule has 0 aliphatic carbocycles. The minimum absolute atomic E-state index is 0.0635. The van der Waals surface area contributed by atoms with Gasteiger partial charge >= 0.3 is 0 Å². The van der Waals surface area contributed by atoms with Gasteiger partial charge in [-0.05, 0) is 25.1 Å². The summed E-state index contributed by atoms with van der Waals surface area (Å²) in [6, 6.07) is 12.4. The molecule has 0 amide bonds. The van der Waals surface area contributed by atoms with Gasteiger partial charge in [0.25, 0.3) is 15.7 Å². The van der Waals surface area contributed by atoms with Crippen molar-refractivity contribution in [3.63, 3.8) is 0 Å². The predicted octanol–water partition coefficient (Wildman–Crippen LogP) is 3.28. The van der Waals surface area contributed by atoms with E-state index in [4.69, 9.17) is 0 Å². The highest BCUT2D eigenvalue weighted by Gasteiger charge is 2.26. The fraction of sp³-hybridized carbons (Fsp3) is 0.125. The van der Waals surface area contributed by atoms with Gasteiger partial charge in [-0.25, -0.2) is 8.42 Å². The van der Waals surface area contributed by atoms with Gasteiger partial charge in [-0.3, -0.25) is 14.4 Å². The summed E-state index contributed by atoms with van der Waals surface area (Å²) in [6.45, 7) is 5.20. The van der Waals surface area contributed by atoms with E-state index in [1.807, 2.05) is 0 Å². The van der Waals surface area contributed by atoms with Crippen LogP contribution in [-0.4, -0.2) is 19.9 Å². The summed E-state index contributed by atoms with van der Waals surface area (Å²) in [5, 5.41) is 11.0. The first-order chi connectivity index (χ1) is 10.9. The van der Waals surface area contributed by atoms with Crippen LogP contribution in [0.1, 0.15) is 5.56 Å². The number of nitro benzene ring substituents is 1. The standard InChI is InChI=1S/C16H16N2O4S/c1-3-11-17(14-7-5-4-6-8-14)23(21,22)15-10-9-13(2)16(12-15)18(19)20/h3-10,12H,1,11H2,2H3. The molecule has 0 heterocycles. The Kier molecular flexibility index (Phi) is 4.80. The molecule has 0 spiro atoms. The first-order valence-electron chi connectivity index (χ1n) is 6.81. The van der Waals surface area contributed by atoms with E-state index in [1.54, 1.807) is 37.3 Å². The SMILES string of the molecule is C=CCN(c1ccccc1)S(=O)(=O)c1ccc(C)c([N+](=O)[O-])c1. The maximum Gasteiger partial charge on any atom is 0.273 e. The van der Waals surface area contributed by atoms with Gasteiger partial charge in [-0.15, -0.1) is 6.58 Å². The van der Waals surface area contributed by atoms with E-state index in [0.717, 1.165) is 10.4 Å². The molecule has 0 unspecified atom stereocenters. The smallest absolute Gasteiger partial charge is 0.263 e. The summed E-state index contributed by atoms with van der Waals surface area (Å²) in [4.78, 5) is 10.3. The van der Waals surface area contributed by atoms with E-state index in [1.165, 1.54) is 18.2 Å². The normalized spacial score (nSPS) is 11.0. The Bertz CT molecular complexity index is 832. The lowest BCUT2D eigenvalue weighted by Gasteiger charge is -2.23. The molecule has 0 bridgehead atoms. The first-order valence-corrected chi connectivity index (χ1v) is 8.25. The van der Waals surface area contributed by atoms with Crippen LogP contribution < -0.4 is 4.31 Å². The number of para-hydroxylation sites is 1. The van der Waals surface area contributed by atoms with Crippen molar-refractivity contribution >= 4 is 21.4 Å². The minimum Gasteiger partial charge on any atom is -0.263 e. The van der Waals surface area contributed by atoms with Crippen LogP contribution in [-0.2, 0) is 10.0 Å². The Hall–Kier alpha value is -2.67. The number of sulfonamides is 1. The Morgan fingerprint density at radius 1 is 1.22 bits per heavy atom. The van der Waals surface area contributed by atoms with E-state index in [-0.39, 0.29) is 17.1 Å². The van der Waals surface area contributed by atoms with Crippen molar-refractivity contribution in [3.05, 3.63) is 76.9 Å². The summed E-state index contributed by atoms with van der Waals surface area (Å²) in [5.41, 5.74) is 0.650. The molecule has 23 heavy (non-hydrogen) atoms. The highest BCUT2D eigenvalue weighted by atomic mass is 32.2. The summed E-state index contributed by atoms with van der Waals surface area (Å²) in [6.07, 6.45) is 1.47. The summed E-state index contributed by atoms with van der Waals surface area (Å²) >= 11 is 0. The zero-order chi connectivity index (χ0) is 17.0. The first kappa shape index (κ1) is 16.7. The maximum absolute atomic E-state index is 12.9. The van der Waals surface area contributed by atoms with Crippen LogP contribution in [0.4, 0.5) is 11.4 Å². The van der Waals surface area contributed by atoms with Gasteiger partial charge in [0.1, 0.15) is 0 Å².